The molecule has 0 amide bonds. The fraction of sp³-hybridized carbons (Fsp3) is 0.350. The van der Waals surface area contributed by atoms with Gasteiger partial charge in [-0.2, -0.15) is 0 Å². The maximum absolute atomic E-state index is 12.3. The van der Waals surface area contributed by atoms with Gasteiger partial charge >= 0.3 is 0 Å². The maximum atomic E-state index is 12.3. The van der Waals surface area contributed by atoms with Gasteiger partial charge in [-0.15, -0.1) is 0 Å². The van der Waals surface area contributed by atoms with Gasteiger partial charge < -0.3 is 4.57 Å². The largest absolute Gasteiger partial charge is 0.356 e. The fourth-order valence-corrected chi connectivity index (χ4v) is 3.44. The van der Waals surface area contributed by atoms with Crippen LogP contribution in [-0.2, 0) is 13.5 Å². The molecular weight excluding hydrogens is 430 g/mol. The lowest BCUT2D eigenvalue weighted by molar-refractivity contribution is 0.841. The number of alkyl halides is 1. The summed E-state index contributed by atoms with van der Waals surface area (Å²) in [6, 6.07) is 8.26. The summed E-state index contributed by atoms with van der Waals surface area (Å²) in [5.74, 6) is 0. The van der Waals surface area contributed by atoms with Crippen LogP contribution in [0.4, 0.5) is 0 Å². The van der Waals surface area contributed by atoms with Crippen LogP contribution in [0, 0.1) is 6.92 Å². The van der Waals surface area contributed by atoms with Crippen molar-refractivity contribution in [3.63, 3.8) is 0 Å². The van der Waals surface area contributed by atoms with Crippen molar-refractivity contribution in [3.8, 4) is 11.1 Å². The summed E-state index contributed by atoms with van der Waals surface area (Å²) in [6.07, 6.45) is 9.05. The van der Waals surface area contributed by atoms with Crippen LogP contribution in [0.1, 0.15) is 30.9 Å². The first-order valence-electron chi connectivity index (χ1n) is 8.11. The van der Waals surface area contributed by atoms with E-state index in [0.717, 1.165) is 36.0 Å². The van der Waals surface area contributed by atoms with E-state index in [4.69, 9.17) is 0 Å². The molecule has 0 radical (unpaired) electrons. The Morgan fingerprint density at radius 1 is 1.25 bits per heavy atom. The molecule has 0 aliphatic heterocycles. The minimum absolute atomic E-state index is 0.103. The van der Waals surface area contributed by atoms with Crippen LogP contribution in [0.3, 0.4) is 0 Å². The van der Waals surface area contributed by atoms with E-state index in [9.17, 15) is 4.79 Å². The SMILES string of the molecule is Cc1cn(C)cc(-c2ccc(C/C(Br)=C/CCC(C)Br)cc2)c1=O. The number of pyridine rings is 1. The van der Waals surface area contributed by atoms with Gasteiger partial charge in [-0.05, 0) is 35.4 Å². The molecule has 0 saturated carbocycles. The third-order valence-corrected chi connectivity index (χ3v) is 4.96. The van der Waals surface area contributed by atoms with E-state index >= 15 is 0 Å². The highest BCUT2D eigenvalue weighted by Crippen LogP contribution is 2.20. The molecule has 1 heterocycles. The van der Waals surface area contributed by atoms with Crippen molar-refractivity contribution in [2.24, 2.45) is 7.05 Å². The molecular formula is C20H23Br2NO. The predicted octanol–water partition coefficient (Wildman–Crippen LogP) is 5.75. The zero-order valence-electron chi connectivity index (χ0n) is 14.4. The Kier molecular flexibility index (Phi) is 7.05. The number of halogens is 2. The summed E-state index contributed by atoms with van der Waals surface area (Å²) in [7, 11) is 1.94. The number of rotatable bonds is 6. The Hall–Kier alpha value is -1.13. The zero-order chi connectivity index (χ0) is 17.7. The molecule has 1 atom stereocenters. The highest BCUT2D eigenvalue weighted by Gasteiger charge is 2.06. The van der Waals surface area contributed by atoms with Crippen LogP contribution < -0.4 is 5.43 Å². The quantitative estimate of drug-likeness (QED) is 0.511. The van der Waals surface area contributed by atoms with E-state index in [1.807, 2.05) is 43.1 Å². The summed E-state index contributed by atoms with van der Waals surface area (Å²) in [4.78, 5) is 12.9. The van der Waals surface area contributed by atoms with Crippen molar-refractivity contribution < 1.29 is 0 Å². The van der Waals surface area contributed by atoms with Gasteiger partial charge in [0.2, 0.25) is 0 Å². The molecule has 0 fully saturated rings. The molecule has 2 aromatic rings. The lowest BCUT2D eigenvalue weighted by atomic mass is 10.0. The summed E-state index contributed by atoms with van der Waals surface area (Å²) < 4.78 is 3.14. The third kappa shape index (κ3) is 5.45. The molecule has 0 saturated heterocycles. The zero-order valence-corrected chi connectivity index (χ0v) is 17.5. The number of benzene rings is 1. The Balaban J connectivity index is 2.13. The lowest BCUT2D eigenvalue weighted by Crippen LogP contribution is -2.11. The summed E-state index contributed by atoms with van der Waals surface area (Å²) >= 11 is 7.22. The Bertz CT molecular complexity index is 773. The molecule has 24 heavy (non-hydrogen) atoms. The molecule has 1 unspecified atom stereocenters. The van der Waals surface area contributed by atoms with Gasteiger partial charge in [-0.3, -0.25) is 4.79 Å². The number of hydrogen-bond donors (Lipinski definition) is 0. The van der Waals surface area contributed by atoms with E-state index in [1.165, 1.54) is 10.0 Å². The molecule has 0 spiro atoms. The minimum Gasteiger partial charge on any atom is -0.356 e. The van der Waals surface area contributed by atoms with Crippen LogP contribution in [0.5, 0.6) is 0 Å². The Morgan fingerprint density at radius 3 is 2.54 bits per heavy atom. The Morgan fingerprint density at radius 2 is 1.92 bits per heavy atom. The predicted molar refractivity (Wildman–Crippen MR) is 110 cm³/mol. The van der Waals surface area contributed by atoms with Gasteiger partial charge in [0.15, 0.2) is 5.43 Å². The van der Waals surface area contributed by atoms with E-state index in [0.29, 0.717) is 4.83 Å². The van der Waals surface area contributed by atoms with Gasteiger partial charge in [0.25, 0.3) is 0 Å². The lowest BCUT2D eigenvalue weighted by Gasteiger charge is -2.08. The summed E-state index contributed by atoms with van der Waals surface area (Å²) in [6.45, 7) is 4.02. The van der Waals surface area contributed by atoms with Crippen molar-refractivity contribution in [1.82, 2.24) is 4.57 Å². The Labute approximate surface area is 160 Å². The highest BCUT2D eigenvalue weighted by atomic mass is 79.9. The number of hydrogen-bond acceptors (Lipinski definition) is 1. The van der Waals surface area contributed by atoms with E-state index in [1.54, 1.807) is 0 Å². The van der Waals surface area contributed by atoms with Crippen molar-refractivity contribution in [2.45, 2.75) is 37.9 Å². The third-order valence-electron chi connectivity index (χ3n) is 3.90. The van der Waals surface area contributed by atoms with Crippen LogP contribution in [0.15, 0.2) is 52.0 Å². The topological polar surface area (TPSA) is 22.0 Å². The second-order valence-corrected chi connectivity index (χ2v) is 8.81. The second kappa shape index (κ2) is 8.82. The smallest absolute Gasteiger partial charge is 0.192 e. The number of allylic oxidation sites excluding steroid dienone is 2. The van der Waals surface area contributed by atoms with Gasteiger partial charge in [0.05, 0.1) is 0 Å². The van der Waals surface area contributed by atoms with Crippen LogP contribution in [0.25, 0.3) is 11.1 Å². The standard InChI is InChI=1S/C20H23Br2NO/c1-14-12-23(3)13-19(20(14)24)17-9-7-16(8-10-17)11-18(22)6-4-5-15(2)21/h6-10,12-13,15H,4-5,11H2,1-3H3/b18-6-. The van der Waals surface area contributed by atoms with E-state index < -0.39 is 0 Å². The normalized spacial score (nSPS) is 13.1. The van der Waals surface area contributed by atoms with Gasteiger partial charge in [-0.1, -0.05) is 69.1 Å². The molecule has 128 valence electrons. The number of aromatic nitrogens is 1. The molecule has 0 aliphatic rings. The van der Waals surface area contributed by atoms with Gasteiger partial charge in [-0.25, -0.2) is 0 Å². The minimum atomic E-state index is 0.103. The molecule has 4 heteroatoms. The summed E-state index contributed by atoms with van der Waals surface area (Å²) in [5, 5.41) is 0. The van der Waals surface area contributed by atoms with Gasteiger partial charge in [0, 0.05) is 41.8 Å². The number of nitrogens with zero attached hydrogens (tertiary/aromatic N) is 1. The molecule has 1 aromatic heterocycles. The average Bonchev–Trinajstić information content (AvgIpc) is 2.51. The van der Waals surface area contributed by atoms with Crippen molar-refractivity contribution >= 4 is 31.9 Å². The molecule has 0 aliphatic carbocycles. The highest BCUT2D eigenvalue weighted by molar-refractivity contribution is 9.11. The molecule has 2 nitrogen and oxygen atoms in total. The molecule has 2 rings (SSSR count). The first-order chi connectivity index (χ1) is 11.4. The molecule has 1 aromatic carbocycles. The number of aryl methyl sites for hydroxylation is 2. The molecule has 0 N–H and O–H groups in total. The summed E-state index contributed by atoms with van der Waals surface area (Å²) in [5.41, 5.74) is 3.83. The first-order valence-corrected chi connectivity index (χ1v) is 9.82. The van der Waals surface area contributed by atoms with Crippen molar-refractivity contribution in [3.05, 3.63) is 68.6 Å². The first kappa shape index (κ1) is 19.2. The monoisotopic (exact) mass is 451 g/mol. The molecule has 0 bridgehead atoms. The average molecular weight is 453 g/mol. The van der Waals surface area contributed by atoms with Crippen molar-refractivity contribution in [1.29, 1.82) is 0 Å². The van der Waals surface area contributed by atoms with E-state index in [-0.39, 0.29) is 5.43 Å². The fourth-order valence-electron chi connectivity index (χ4n) is 2.62. The second-order valence-electron chi connectivity index (χ2n) is 6.23. The van der Waals surface area contributed by atoms with Crippen LogP contribution >= 0.6 is 31.9 Å². The van der Waals surface area contributed by atoms with Crippen molar-refractivity contribution in [2.75, 3.05) is 0 Å². The maximum Gasteiger partial charge on any atom is 0.192 e. The van der Waals surface area contributed by atoms with Crippen LogP contribution in [-0.4, -0.2) is 9.39 Å². The van der Waals surface area contributed by atoms with E-state index in [2.05, 4.69) is 57.0 Å². The van der Waals surface area contributed by atoms with Gasteiger partial charge in [0.1, 0.15) is 0 Å². The van der Waals surface area contributed by atoms with Crippen LogP contribution in [0.2, 0.25) is 0 Å².